The van der Waals surface area contributed by atoms with Crippen molar-refractivity contribution >= 4 is 10.9 Å². The van der Waals surface area contributed by atoms with Crippen LogP contribution in [0, 0.1) is 11.3 Å². The first-order chi connectivity index (χ1) is 16.2. The number of β-amino-alcohol motifs (C(OH)–C–C–N with tert-alkyl or cyclic N) is 1. The number of likely N-dealkylation sites (tertiary alicyclic amines) is 1. The van der Waals surface area contributed by atoms with Crippen LogP contribution in [0.3, 0.4) is 0 Å². The first kappa shape index (κ1) is 23.0. The van der Waals surface area contributed by atoms with Crippen LogP contribution in [0.4, 0.5) is 0 Å². The molecule has 0 amide bonds. The van der Waals surface area contributed by atoms with Crippen molar-refractivity contribution in [3.8, 4) is 17.6 Å². The van der Waals surface area contributed by atoms with Gasteiger partial charge in [-0.05, 0) is 67.9 Å². The molecule has 33 heavy (non-hydrogen) atoms. The highest BCUT2D eigenvalue weighted by atomic mass is 16.5. The van der Waals surface area contributed by atoms with E-state index in [9.17, 15) is 5.11 Å². The second-order valence-electron chi connectivity index (χ2n) is 8.28. The van der Waals surface area contributed by atoms with Crippen molar-refractivity contribution < 1.29 is 14.6 Å². The van der Waals surface area contributed by atoms with Crippen molar-refractivity contribution in [2.75, 3.05) is 39.9 Å². The molecule has 0 radical (unpaired) electrons. The van der Waals surface area contributed by atoms with Gasteiger partial charge in [-0.2, -0.15) is 5.26 Å². The molecule has 0 bridgehead atoms. The van der Waals surface area contributed by atoms with Crippen LogP contribution in [-0.2, 0) is 0 Å². The lowest BCUT2D eigenvalue weighted by atomic mass is 10.0. The minimum absolute atomic E-state index is 0.430. The highest BCUT2D eigenvalue weighted by Gasteiger charge is 2.22. The Morgan fingerprint density at radius 3 is 2.82 bits per heavy atom. The molecular weight excluding hydrogens is 416 g/mol. The maximum atomic E-state index is 11.0. The number of pyridine rings is 1. The summed E-state index contributed by atoms with van der Waals surface area (Å²) >= 11 is 0. The summed E-state index contributed by atoms with van der Waals surface area (Å²) in [5.74, 6) is 1.39. The fourth-order valence-corrected chi connectivity index (χ4v) is 4.34. The van der Waals surface area contributed by atoms with Crippen molar-refractivity contribution in [1.82, 2.24) is 15.2 Å². The first-order valence-electron chi connectivity index (χ1n) is 11.4. The van der Waals surface area contributed by atoms with Crippen LogP contribution >= 0.6 is 0 Å². The molecule has 7 heteroatoms. The van der Waals surface area contributed by atoms with Gasteiger partial charge in [-0.3, -0.25) is 4.98 Å². The van der Waals surface area contributed by atoms with E-state index in [1.54, 1.807) is 19.4 Å². The third kappa shape index (κ3) is 5.79. The molecule has 3 aromatic rings. The maximum absolute atomic E-state index is 11.0. The van der Waals surface area contributed by atoms with Gasteiger partial charge in [0.25, 0.3) is 0 Å². The number of nitrogens with one attached hydrogen (secondary N) is 1. The number of methoxy groups -OCH3 is 1. The Balaban J connectivity index is 1.23. The second-order valence-corrected chi connectivity index (χ2v) is 8.28. The number of hydrogen-bond donors (Lipinski definition) is 2. The Morgan fingerprint density at radius 1 is 1.21 bits per heavy atom. The largest absolute Gasteiger partial charge is 0.497 e. The average Bonchev–Trinajstić information content (AvgIpc) is 2.87. The molecule has 1 aliphatic heterocycles. The van der Waals surface area contributed by atoms with Crippen molar-refractivity contribution in [3.63, 3.8) is 0 Å². The summed E-state index contributed by atoms with van der Waals surface area (Å²) in [5.41, 5.74) is 2.30. The van der Waals surface area contributed by atoms with Gasteiger partial charge in [-0.1, -0.05) is 12.1 Å². The van der Waals surface area contributed by atoms with Crippen LogP contribution in [0.15, 0.2) is 54.7 Å². The predicted octanol–water partition coefficient (Wildman–Crippen LogP) is 3.28. The lowest BCUT2D eigenvalue weighted by molar-refractivity contribution is 0.0946. The number of aromatic nitrogens is 1. The minimum Gasteiger partial charge on any atom is -0.497 e. The Hall–Kier alpha value is -3.18. The summed E-state index contributed by atoms with van der Waals surface area (Å²) in [6.45, 7) is 3.71. The van der Waals surface area contributed by atoms with Gasteiger partial charge in [-0.25, -0.2) is 0 Å². The lowest BCUT2D eigenvalue weighted by Gasteiger charge is -2.33. The van der Waals surface area contributed by atoms with Crippen LogP contribution in [0.1, 0.15) is 30.1 Å². The van der Waals surface area contributed by atoms with Crippen LogP contribution in [-0.4, -0.2) is 60.9 Å². The van der Waals surface area contributed by atoms with E-state index in [-0.39, 0.29) is 0 Å². The Morgan fingerprint density at radius 2 is 2.03 bits per heavy atom. The zero-order valence-corrected chi connectivity index (χ0v) is 18.9. The summed E-state index contributed by atoms with van der Waals surface area (Å²) in [6, 6.07) is 17.5. The summed E-state index contributed by atoms with van der Waals surface area (Å²) in [6.07, 6.45) is 3.21. The molecule has 1 aromatic heterocycles. The SMILES string of the molecule is COc1ccc2nccc([C@@H](O)CN3CCC(NCCOc4ccccc4C#N)CC3)c2c1. The predicted molar refractivity (Wildman–Crippen MR) is 127 cm³/mol. The number of nitriles is 1. The molecule has 2 N–H and O–H groups in total. The molecule has 4 rings (SSSR count). The number of para-hydroxylation sites is 1. The number of aliphatic hydroxyl groups is 1. The van der Waals surface area contributed by atoms with Crippen molar-refractivity contribution in [1.29, 1.82) is 5.26 Å². The van der Waals surface area contributed by atoms with Gasteiger partial charge in [0.2, 0.25) is 0 Å². The summed E-state index contributed by atoms with van der Waals surface area (Å²) in [5, 5.41) is 24.6. The summed E-state index contributed by atoms with van der Waals surface area (Å²) in [7, 11) is 1.64. The Bertz CT molecular complexity index is 1110. The van der Waals surface area contributed by atoms with E-state index in [0.717, 1.165) is 54.7 Å². The van der Waals surface area contributed by atoms with Gasteiger partial charge in [-0.15, -0.1) is 0 Å². The van der Waals surface area contributed by atoms with Crippen LogP contribution in [0.5, 0.6) is 11.5 Å². The third-order valence-corrected chi connectivity index (χ3v) is 6.16. The van der Waals surface area contributed by atoms with E-state index in [1.807, 2.05) is 42.5 Å². The van der Waals surface area contributed by atoms with E-state index >= 15 is 0 Å². The maximum Gasteiger partial charge on any atom is 0.137 e. The van der Waals surface area contributed by atoms with Gasteiger partial charge in [0.1, 0.15) is 24.2 Å². The molecule has 1 fully saturated rings. The fraction of sp³-hybridized carbons (Fsp3) is 0.385. The minimum atomic E-state index is -0.583. The molecule has 1 atom stereocenters. The molecule has 0 spiro atoms. The van der Waals surface area contributed by atoms with E-state index in [0.29, 0.717) is 30.5 Å². The van der Waals surface area contributed by atoms with Crippen molar-refractivity contribution in [2.45, 2.75) is 25.0 Å². The molecule has 0 saturated carbocycles. The van der Waals surface area contributed by atoms with Gasteiger partial charge in [0.15, 0.2) is 0 Å². The van der Waals surface area contributed by atoms with Gasteiger partial charge >= 0.3 is 0 Å². The molecule has 2 heterocycles. The highest BCUT2D eigenvalue weighted by Crippen LogP contribution is 2.27. The number of fused-ring (bicyclic) bond motifs is 1. The Labute approximate surface area is 194 Å². The number of benzene rings is 2. The molecule has 172 valence electrons. The lowest BCUT2D eigenvalue weighted by Crippen LogP contribution is -2.44. The van der Waals surface area contributed by atoms with Gasteiger partial charge in [0, 0.05) is 30.7 Å². The highest BCUT2D eigenvalue weighted by molar-refractivity contribution is 5.83. The second kappa shape index (κ2) is 11.1. The fourth-order valence-electron chi connectivity index (χ4n) is 4.34. The quantitative estimate of drug-likeness (QED) is 0.488. The third-order valence-electron chi connectivity index (χ3n) is 6.16. The number of rotatable bonds is 9. The van der Waals surface area contributed by atoms with E-state index in [4.69, 9.17) is 14.7 Å². The first-order valence-corrected chi connectivity index (χ1v) is 11.4. The number of piperidine rings is 1. The normalized spacial score (nSPS) is 15.8. The summed E-state index contributed by atoms with van der Waals surface area (Å²) < 4.78 is 11.1. The zero-order valence-electron chi connectivity index (χ0n) is 18.9. The molecule has 7 nitrogen and oxygen atoms in total. The molecule has 1 aliphatic rings. The van der Waals surface area contributed by atoms with Crippen LogP contribution in [0.2, 0.25) is 0 Å². The average molecular weight is 447 g/mol. The topological polar surface area (TPSA) is 90.6 Å². The van der Waals surface area contributed by atoms with Crippen molar-refractivity contribution in [2.24, 2.45) is 0 Å². The molecule has 0 unspecified atom stereocenters. The molecule has 2 aromatic carbocycles. The van der Waals surface area contributed by atoms with Crippen LogP contribution < -0.4 is 14.8 Å². The van der Waals surface area contributed by atoms with E-state index in [1.165, 1.54) is 0 Å². The monoisotopic (exact) mass is 446 g/mol. The van der Waals surface area contributed by atoms with Crippen molar-refractivity contribution in [3.05, 3.63) is 65.9 Å². The Kier molecular flexibility index (Phi) is 7.74. The number of nitrogens with zero attached hydrogens (tertiary/aromatic N) is 3. The van der Waals surface area contributed by atoms with Crippen LogP contribution in [0.25, 0.3) is 10.9 Å². The summed E-state index contributed by atoms with van der Waals surface area (Å²) in [4.78, 5) is 6.72. The van der Waals surface area contributed by atoms with Gasteiger partial charge < -0.3 is 24.8 Å². The van der Waals surface area contributed by atoms with E-state index < -0.39 is 6.10 Å². The molecule has 1 saturated heterocycles. The molecular formula is C26H30N4O3. The smallest absolute Gasteiger partial charge is 0.137 e. The number of ether oxygens (including phenoxy) is 2. The standard InChI is InChI=1S/C26H30N4O3/c1-32-21-6-7-24-23(16-21)22(8-11-29-24)25(31)18-30-13-9-20(10-14-30)28-12-15-33-26-5-3-2-4-19(26)17-27/h2-8,11,16,20,25,28,31H,9-10,12-15,18H2,1H3/t25-/m0/s1. The van der Waals surface area contributed by atoms with E-state index in [2.05, 4.69) is 21.3 Å². The number of aliphatic hydroxyl groups excluding tert-OH is 1. The number of hydrogen-bond acceptors (Lipinski definition) is 7. The van der Waals surface area contributed by atoms with Gasteiger partial charge in [0.05, 0.1) is 24.3 Å². The zero-order chi connectivity index (χ0) is 23.0. The molecule has 0 aliphatic carbocycles.